The van der Waals surface area contributed by atoms with E-state index in [4.69, 9.17) is 11.5 Å². The standard InChI is InChI=1S/C10H12F2N2O2/c11-6-1-5(2-7(12)4-6)3-8(13)9(15)10(14)16/h1-2,4,8-9,15H,3,13H2,(H2,14,16)/t8-,9?/m0/s1. The van der Waals surface area contributed by atoms with Crippen LogP contribution in [0.1, 0.15) is 5.56 Å². The fourth-order valence-corrected chi connectivity index (χ4v) is 1.32. The van der Waals surface area contributed by atoms with Gasteiger partial charge in [-0.15, -0.1) is 0 Å². The van der Waals surface area contributed by atoms with Gasteiger partial charge in [0.25, 0.3) is 0 Å². The van der Waals surface area contributed by atoms with E-state index in [1.165, 1.54) is 0 Å². The van der Waals surface area contributed by atoms with E-state index in [1.807, 2.05) is 0 Å². The molecule has 4 nitrogen and oxygen atoms in total. The number of benzene rings is 1. The number of rotatable bonds is 4. The van der Waals surface area contributed by atoms with Gasteiger partial charge in [0.15, 0.2) is 0 Å². The maximum atomic E-state index is 12.8. The van der Waals surface area contributed by atoms with E-state index in [9.17, 15) is 18.7 Å². The zero-order valence-corrected chi connectivity index (χ0v) is 8.36. The van der Waals surface area contributed by atoms with Crippen molar-refractivity contribution in [2.45, 2.75) is 18.6 Å². The Morgan fingerprint density at radius 3 is 2.25 bits per heavy atom. The van der Waals surface area contributed by atoms with Crippen molar-refractivity contribution < 1.29 is 18.7 Å². The molecule has 0 spiro atoms. The number of carbonyl (C=O) groups is 1. The van der Waals surface area contributed by atoms with Gasteiger partial charge in [-0.05, 0) is 24.1 Å². The van der Waals surface area contributed by atoms with Crippen LogP contribution < -0.4 is 11.5 Å². The van der Waals surface area contributed by atoms with Crippen molar-refractivity contribution in [1.82, 2.24) is 0 Å². The summed E-state index contributed by atoms with van der Waals surface area (Å²) in [7, 11) is 0. The Bertz CT molecular complexity index is 378. The number of hydrogen-bond donors (Lipinski definition) is 3. The summed E-state index contributed by atoms with van der Waals surface area (Å²) in [5, 5.41) is 9.21. The summed E-state index contributed by atoms with van der Waals surface area (Å²) in [6.07, 6.45) is -1.58. The molecule has 0 bridgehead atoms. The zero-order valence-electron chi connectivity index (χ0n) is 8.36. The summed E-state index contributed by atoms with van der Waals surface area (Å²) >= 11 is 0. The van der Waals surface area contributed by atoms with E-state index >= 15 is 0 Å². The molecule has 88 valence electrons. The summed E-state index contributed by atoms with van der Waals surface area (Å²) in [4.78, 5) is 10.6. The fourth-order valence-electron chi connectivity index (χ4n) is 1.32. The molecule has 2 atom stereocenters. The number of carbonyl (C=O) groups excluding carboxylic acids is 1. The van der Waals surface area contributed by atoms with Crippen LogP contribution in [0.25, 0.3) is 0 Å². The minimum atomic E-state index is -1.54. The quantitative estimate of drug-likeness (QED) is 0.662. The minimum absolute atomic E-state index is 0.0429. The summed E-state index contributed by atoms with van der Waals surface area (Å²) in [5.41, 5.74) is 10.5. The van der Waals surface area contributed by atoms with Crippen LogP contribution >= 0.6 is 0 Å². The van der Waals surface area contributed by atoms with Crippen molar-refractivity contribution in [2.24, 2.45) is 11.5 Å². The SMILES string of the molecule is NC(=O)C(O)[C@@H](N)Cc1cc(F)cc(F)c1. The lowest BCUT2D eigenvalue weighted by atomic mass is 10.0. The van der Waals surface area contributed by atoms with Crippen LogP contribution in [0.15, 0.2) is 18.2 Å². The summed E-state index contributed by atoms with van der Waals surface area (Å²) in [6.45, 7) is 0. The lowest BCUT2D eigenvalue weighted by Gasteiger charge is -2.15. The van der Waals surface area contributed by atoms with Crippen LogP contribution in [-0.2, 0) is 11.2 Å². The predicted octanol–water partition coefficient (Wildman–Crippen LogP) is -0.319. The Kier molecular flexibility index (Phi) is 3.92. The highest BCUT2D eigenvalue weighted by Gasteiger charge is 2.20. The number of amides is 1. The molecule has 0 saturated carbocycles. The van der Waals surface area contributed by atoms with E-state index in [1.54, 1.807) is 0 Å². The van der Waals surface area contributed by atoms with Gasteiger partial charge in [-0.1, -0.05) is 0 Å². The van der Waals surface area contributed by atoms with Gasteiger partial charge in [-0.25, -0.2) is 8.78 Å². The molecule has 0 aliphatic heterocycles. The molecule has 16 heavy (non-hydrogen) atoms. The van der Waals surface area contributed by atoms with Gasteiger partial charge in [0.1, 0.15) is 17.7 Å². The van der Waals surface area contributed by atoms with Crippen molar-refractivity contribution in [3.63, 3.8) is 0 Å². The third kappa shape index (κ3) is 3.25. The van der Waals surface area contributed by atoms with E-state index < -0.39 is 29.7 Å². The maximum Gasteiger partial charge on any atom is 0.247 e. The van der Waals surface area contributed by atoms with Crippen molar-refractivity contribution in [1.29, 1.82) is 0 Å². The first-order chi connectivity index (χ1) is 7.40. The largest absolute Gasteiger partial charge is 0.382 e. The van der Waals surface area contributed by atoms with Crippen molar-refractivity contribution in [3.05, 3.63) is 35.4 Å². The second kappa shape index (κ2) is 5.00. The molecular formula is C10H12F2N2O2. The molecule has 1 aromatic carbocycles. The molecular weight excluding hydrogens is 218 g/mol. The molecule has 0 aliphatic carbocycles. The van der Waals surface area contributed by atoms with E-state index in [-0.39, 0.29) is 12.0 Å². The summed E-state index contributed by atoms with van der Waals surface area (Å²) in [6, 6.07) is 1.89. The van der Waals surface area contributed by atoms with Crippen LogP contribution in [0.2, 0.25) is 0 Å². The van der Waals surface area contributed by atoms with E-state index in [0.29, 0.717) is 0 Å². The van der Waals surface area contributed by atoms with Crippen molar-refractivity contribution >= 4 is 5.91 Å². The Morgan fingerprint density at radius 2 is 1.81 bits per heavy atom. The number of aliphatic hydroxyl groups excluding tert-OH is 1. The van der Waals surface area contributed by atoms with Gasteiger partial charge in [-0.2, -0.15) is 0 Å². The van der Waals surface area contributed by atoms with Gasteiger partial charge in [0.05, 0.1) is 0 Å². The number of aliphatic hydroxyl groups is 1. The average Bonchev–Trinajstić information content (AvgIpc) is 2.14. The van der Waals surface area contributed by atoms with Gasteiger partial charge in [-0.3, -0.25) is 4.79 Å². The van der Waals surface area contributed by atoms with Gasteiger partial charge in [0.2, 0.25) is 5.91 Å². The number of hydrogen-bond acceptors (Lipinski definition) is 3. The third-order valence-corrected chi connectivity index (χ3v) is 2.09. The second-order valence-electron chi connectivity index (χ2n) is 3.49. The predicted molar refractivity (Wildman–Crippen MR) is 53.2 cm³/mol. The Balaban J connectivity index is 2.76. The monoisotopic (exact) mass is 230 g/mol. The topological polar surface area (TPSA) is 89.3 Å². The Morgan fingerprint density at radius 1 is 1.31 bits per heavy atom. The minimum Gasteiger partial charge on any atom is -0.382 e. The smallest absolute Gasteiger partial charge is 0.247 e. The Labute approximate surface area is 90.9 Å². The van der Waals surface area contributed by atoms with E-state index in [2.05, 4.69) is 0 Å². The molecule has 1 rings (SSSR count). The highest BCUT2D eigenvalue weighted by molar-refractivity contribution is 5.79. The number of nitrogens with two attached hydrogens (primary N) is 2. The van der Waals surface area contributed by atoms with Gasteiger partial charge in [0, 0.05) is 12.1 Å². The molecule has 1 amide bonds. The van der Waals surface area contributed by atoms with Crippen LogP contribution in [0.3, 0.4) is 0 Å². The van der Waals surface area contributed by atoms with Gasteiger partial charge >= 0.3 is 0 Å². The molecule has 5 N–H and O–H groups in total. The Hall–Kier alpha value is -1.53. The number of halogens is 2. The van der Waals surface area contributed by atoms with Crippen LogP contribution in [-0.4, -0.2) is 23.2 Å². The van der Waals surface area contributed by atoms with Crippen molar-refractivity contribution in [2.75, 3.05) is 0 Å². The highest BCUT2D eigenvalue weighted by atomic mass is 19.1. The molecule has 6 heteroatoms. The summed E-state index contributed by atoms with van der Waals surface area (Å²) in [5.74, 6) is -2.45. The van der Waals surface area contributed by atoms with Crippen LogP contribution in [0, 0.1) is 11.6 Å². The molecule has 0 heterocycles. The van der Waals surface area contributed by atoms with E-state index in [0.717, 1.165) is 18.2 Å². The normalized spacial score (nSPS) is 14.5. The fraction of sp³-hybridized carbons (Fsp3) is 0.300. The first-order valence-electron chi connectivity index (χ1n) is 4.58. The van der Waals surface area contributed by atoms with Gasteiger partial charge < -0.3 is 16.6 Å². The molecule has 0 saturated heterocycles. The zero-order chi connectivity index (χ0) is 12.3. The maximum absolute atomic E-state index is 12.8. The average molecular weight is 230 g/mol. The molecule has 0 aliphatic rings. The molecule has 0 fully saturated rings. The first kappa shape index (κ1) is 12.5. The van der Waals surface area contributed by atoms with Crippen molar-refractivity contribution in [3.8, 4) is 0 Å². The third-order valence-electron chi connectivity index (χ3n) is 2.09. The molecule has 0 radical (unpaired) electrons. The molecule has 1 aromatic rings. The number of primary amides is 1. The first-order valence-corrected chi connectivity index (χ1v) is 4.58. The highest BCUT2D eigenvalue weighted by Crippen LogP contribution is 2.10. The summed E-state index contributed by atoms with van der Waals surface area (Å²) < 4.78 is 25.6. The lowest BCUT2D eigenvalue weighted by Crippen LogP contribution is -2.45. The lowest BCUT2D eigenvalue weighted by molar-refractivity contribution is -0.126. The molecule has 1 unspecified atom stereocenters. The second-order valence-corrected chi connectivity index (χ2v) is 3.49. The van der Waals surface area contributed by atoms with Crippen LogP contribution in [0.4, 0.5) is 8.78 Å². The van der Waals surface area contributed by atoms with Crippen LogP contribution in [0.5, 0.6) is 0 Å². The molecule has 0 aromatic heterocycles.